The topological polar surface area (TPSA) is 140 Å². The molecule has 2 amide bonds. The second-order valence-electron chi connectivity index (χ2n) is 8.82. The molecule has 0 saturated carbocycles. The highest BCUT2D eigenvalue weighted by Crippen LogP contribution is 2.21. The minimum atomic E-state index is -0.409. The number of ether oxygens (including phenoxy) is 2. The van der Waals surface area contributed by atoms with E-state index in [9.17, 15) is 9.59 Å². The van der Waals surface area contributed by atoms with Crippen LogP contribution in [-0.2, 0) is 29.1 Å². The van der Waals surface area contributed by atoms with Crippen molar-refractivity contribution < 1.29 is 19.1 Å². The van der Waals surface area contributed by atoms with Gasteiger partial charge in [-0.2, -0.15) is 5.10 Å². The fourth-order valence-electron chi connectivity index (χ4n) is 4.32. The number of nitrogens with one attached hydrogen (secondary N) is 2. The third-order valence-corrected chi connectivity index (χ3v) is 6.46. The zero-order chi connectivity index (χ0) is 24.4. The summed E-state index contributed by atoms with van der Waals surface area (Å²) in [6.07, 6.45) is 3.82. The zero-order valence-electron chi connectivity index (χ0n) is 19.7. The Morgan fingerprint density at radius 3 is 3.00 bits per heavy atom. The molecule has 1 saturated heterocycles. The van der Waals surface area contributed by atoms with Gasteiger partial charge in [-0.15, -0.1) is 5.10 Å². The van der Waals surface area contributed by atoms with Crippen molar-refractivity contribution in [2.45, 2.75) is 52.0 Å². The van der Waals surface area contributed by atoms with E-state index >= 15 is 0 Å². The van der Waals surface area contributed by atoms with Crippen molar-refractivity contribution >= 4 is 11.8 Å². The van der Waals surface area contributed by atoms with Gasteiger partial charge < -0.3 is 19.7 Å². The molecule has 0 radical (unpaired) electrons. The molecule has 0 aliphatic carbocycles. The van der Waals surface area contributed by atoms with Gasteiger partial charge in [-0.25, -0.2) is 9.67 Å². The van der Waals surface area contributed by atoms with Crippen molar-refractivity contribution in [1.82, 2.24) is 40.4 Å². The van der Waals surface area contributed by atoms with Gasteiger partial charge in [-0.1, -0.05) is 5.21 Å². The van der Waals surface area contributed by atoms with Gasteiger partial charge in [0.15, 0.2) is 11.4 Å². The molecule has 1 fully saturated rings. The number of likely N-dealkylation sites (tertiary alicyclic amines) is 1. The molecule has 3 aromatic heterocycles. The van der Waals surface area contributed by atoms with Gasteiger partial charge in [0.1, 0.15) is 12.3 Å². The average Bonchev–Trinajstić information content (AvgIpc) is 3.56. The molecule has 2 bridgehead atoms. The number of amides is 2. The highest BCUT2D eigenvalue weighted by molar-refractivity contribution is 5.95. The van der Waals surface area contributed by atoms with Crippen LogP contribution in [0.1, 0.15) is 39.6 Å². The highest BCUT2D eigenvalue weighted by Gasteiger charge is 2.37. The van der Waals surface area contributed by atoms with Crippen LogP contribution in [0.15, 0.2) is 24.5 Å². The maximum Gasteiger partial charge on any atom is 0.274 e. The van der Waals surface area contributed by atoms with Crippen molar-refractivity contribution in [3.8, 4) is 5.75 Å². The van der Waals surface area contributed by atoms with E-state index in [4.69, 9.17) is 9.47 Å². The minimum absolute atomic E-state index is 0.0129. The van der Waals surface area contributed by atoms with E-state index in [1.165, 1.54) is 0 Å². The molecular weight excluding hydrogens is 452 g/mol. The zero-order valence-corrected chi connectivity index (χ0v) is 19.7. The summed E-state index contributed by atoms with van der Waals surface area (Å²) in [6.45, 7) is 5.64. The SMILES string of the molecule is Cc1[nH]nc(CCC(=O)N2C[C@@H]3NC(=O)c4ncccc4OCCn4cc(nn4)CO[C@H]3C2)c1C. The number of carbonyl (C=O) groups is 2. The van der Waals surface area contributed by atoms with E-state index in [2.05, 4.69) is 30.8 Å². The number of fused-ring (bicyclic) bond motifs is 4. The number of nitrogens with zero attached hydrogens (tertiary/aromatic N) is 6. The first-order valence-corrected chi connectivity index (χ1v) is 11.7. The third kappa shape index (κ3) is 5.02. The predicted octanol–water partition coefficient (Wildman–Crippen LogP) is 0.564. The second-order valence-corrected chi connectivity index (χ2v) is 8.82. The standard InChI is InChI=1S/C23H28N8O4/c1-14-15(2)26-28-17(14)5-6-21(32)30-11-18-20(12-30)35-13-16-10-31(29-27-16)8-9-34-19-4-3-7-24-22(19)23(33)25-18/h3-4,7,10,18,20H,5-6,8-9,11-13H2,1-2H3,(H,25,33)(H,26,28)/t18-,20-/m0/s1. The van der Waals surface area contributed by atoms with E-state index in [1.807, 2.05) is 13.8 Å². The van der Waals surface area contributed by atoms with Gasteiger partial charge in [0.25, 0.3) is 5.91 Å². The Hall–Kier alpha value is -3.80. The number of pyridine rings is 1. The summed E-state index contributed by atoms with van der Waals surface area (Å²) in [5.41, 5.74) is 3.83. The van der Waals surface area contributed by atoms with E-state index in [0.29, 0.717) is 50.5 Å². The van der Waals surface area contributed by atoms with Crippen molar-refractivity contribution in [2.24, 2.45) is 0 Å². The van der Waals surface area contributed by atoms with Crippen LogP contribution in [0.4, 0.5) is 0 Å². The maximum absolute atomic E-state index is 13.1. The van der Waals surface area contributed by atoms with Gasteiger partial charge in [0.05, 0.1) is 37.2 Å². The van der Waals surface area contributed by atoms with Crippen molar-refractivity contribution in [1.29, 1.82) is 0 Å². The quantitative estimate of drug-likeness (QED) is 0.554. The minimum Gasteiger partial charge on any atom is -0.489 e. The largest absolute Gasteiger partial charge is 0.489 e. The van der Waals surface area contributed by atoms with Crippen molar-refractivity contribution in [2.75, 3.05) is 19.7 Å². The van der Waals surface area contributed by atoms with E-state index < -0.39 is 12.1 Å². The summed E-state index contributed by atoms with van der Waals surface area (Å²) in [4.78, 5) is 32.1. The van der Waals surface area contributed by atoms with Crippen LogP contribution in [-0.4, -0.2) is 78.7 Å². The maximum atomic E-state index is 13.1. The predicted molar refractivity (Wildman–Crippen MR) is 123 cm³/mol. The first-order valence-electron chi connectivity index (χ1n) is 11.7. The van der Waals surface area contributed by atoms with E-state index in [0.717, 1.165) is 17.0 Å². The first-order chi connectivity index (χ1) is 17.0. The van der Waals surface area contributed by atoms with E-state index in [1.54, 1.807) is 34.1 Å². The Morgan fingerprint density at radius 1 is 1.29 bits per heavy atom. The normalized spacial score (nSPS) is 20.4. The van der Waals surface area contributed by atoms with Gasteiger partial charge in [0.2, 0.25) is 5.91 Å². The van der Waals surface area contributed by atoms with Crippen molar-refractivity contribution in [3.63, 3.8) is 0 Å². The Labute approximate surface area is 202 Å². The molecular formula is C23H28N8O4. The molecule has 2 aliphatic heterocycles. The number of aryl methyl sites for hydroxylation is 2. The number of hydrogen-bond donors (Lipinski definition) is 2. The molecule has 35 heavy (non-hydrogen) atoms. The van der Waals surface area contributed by atoms with Crippen LogP contribution in [0, 0.1) is 13.8 Å². The lowest BCUT2D eigenvalue weighted by atomic mass is 10.1. The molecule has 0 unspecified atom stereocenters. The molecule has 12 nitrogen and oxygen atoms in total. The lowest BCUT2D eigenvalue weighted by Gasteiger charge is -2.20. The van der Waals surface area contributed by atoms with Gasteiger partial charge >= 0.3 is 0 Å². The number of aromatic nitrogens is 6. The molecule has 0 aromatic carbocycles. The van der Waals surface area contributed by atoms with Crippen LogP contribution in [0.2, 0.25) is 0 Å². The summed E-state index contributed by atoms with van der Waals surface area (Å²) in [7, 11) is 0. The molecule has 3 aromatic rings. The van der Waals surface area contributed by atoms with Crippen LogP contribution < -0.4 is 10.1 Å². The first kappa shape index (κ1) is 23.0. The lowest BCUT2D eigenvalue weighted by Crippen LogP contribution is -2.44. The van der Waals surface area contributed by atoms with Crippen LogP contribution in [0.25, 0.3) is 0 Å². The fraction of sp³-hybridized carbons (Fsp3) is 0.478. The van der Waals surface area contributed by atoms with Crippen LogP contribution in [0.3, 0.4) is 0 Å². The third-order valence-electron chi connectivity index (χ3n) is 6.46. The number of hydrogen-bond acceptors (Lipinski definition) is 8. The molecule has 0 spiro atoms. The summed E-state index contributed by atoms with van der Waals surface area (Å²) < 4.78 is 13.6. The van der Waals surface area contributed by atoms with Crippen LogP contribution >= 0.6 is 0 Å². The molecule has 5 rings (SSSR count). The van der Waals surface area contributed by atoms with Crippen molar-refractivity contribution in [3.05, 3.63) is 52.9 Å². The molecule has 2 N–H and O–H groups in total. The number of carbonyl (C=O) groups excluding carboxylic acids is 2. The summed E-state index contributed by atoms with van der Waals surface area (Å²) in [6, 6.07) is 3.01. The van der Waals surface area contributed by atoms with Crippen LogP contribution in [0.5, 0.6) is 5.75 Å². The Bertz CT molecular complexity index is 1220. The Balaban J connectivity index is 1.33. The molecule has 184 valence electrons. The molecule has 2 aliphatic rings. The van der Waals surface area contributed by atoms with Gasteiger partial charge in [0, 0.05) is 37.8 Å². The van der Waals surface area contributed by atoms with E-state index in [-0.39, 0.29) is 24.1 Å². The number of rotatable bonds is 3. The fourth-order valence-corrected chi connectivity index (χ4v) is 4.32. The summed E-state index contributed by atoms with van der Waals surface area (Å²) >= 11 is 0. The molecule has 12 heteroatoms. The monoisotopic (exact) mass is 480 g/mol. The molecule has 5 heterocycles. The smallest absolute Gasteiger partial charge is 0.274 e. The summed E-state index contributed by atoms with van der Waals surface area (Å²) in [5.74, 6) is 0.00151. The number of aromatic amines is 1. The van der Waals surface area contributed by atoms with Gasteiger partial charge in [-0.3, -0.25) is 14.7 Å². The second kappa shape index (κ2) is 9.82. The lowest BCUT2D eigenvalue weighted by molar-refractivity contribution is -0.130. The summed E-state index contributed by atoms with van der Waals surface area (Å²) in [5, 5.41) is 18.5. The van der Waals surface area contributed by atoms with Gasteiger partial charge in [-0.05, 0) is 31.5 Å². The number of H-pyrrole nitrogens is 1. The Kier molecular flexibility index (Phi) is 6.45. The molecule has 2 atom stereocenters. The Morgan fingerprint density at radius 2 is 2.17 bits per heavy atom. The average molecular weight is 481 g/mol. The highest BCUT2D eigenvalue weighted by atomic mass is 16.5.